The van der Waals surface area contributed by atoms with Crippen LogP contribution in [0, 0.1) is 10.1 Å². The summed E-state index contributed by atoms with van der Waals surface area (Å²) in [4.78, 5) is 24.6. The SMILES string of the molecule is COc1ccc(Nc2ncnc(N3CCN(C(c4ccccc4)c4ccccc4)CC3)c2[N+](=O)[O-])cc1. The molecule has 4 aromatic rings. The lowest BCUT2D eigenvalue weighted by Crippen LogP contribution is -2.48. The Bertz CT molecular complexity index is 1290. The topological polar surface area (TPSA) is 96.7 Å². The average molecular weight is 497 g/mol. The van der Waals surface area contributed by atoms with Crippen molar-refractivity contribution in [3.63, 3.8) is 0 Å². The second-order valence-corrected chi connectivity index (χ2v) is 8.75. The number of rotatable bonds is 8. The molecule has 0 spiro atoms. The molecule has 1 aromatic heterocycles. The molecule has 2 heterocycles. The maximum Gasteiger partial charge on any atom is 0.353 e. The number of ether oxygens (including phenoxy) is 1. The molecule has 0 saturated carbocycles. The lowest BCUT2D eigenvalue weighted by Gasteiger charge is -2.40. The molecule has 0 unspecified atom stereocenters. The number of nitrogens with zero attached hydrogens (tertiary/aromatic N) is 5. The maximum atomic E-state index is 12.1. The first kappa shape index (κ1) is 24.2. The van der Waals surface area contributed by atoms with Gasteiger partial charge in [0.15, 0.2) is 0 Å². The quantitative estimate of drug-likeness (QED) is 0.267. The summed E-state index contributed by atoms with van der Waals surface area (Å²) in [5.41, 5.74) is 2.99. The molecule has 37 heavy (non-hydrogen) atoms. The van der Waals surface area contributed by atoms with E-state index in [4.69, 9.17) is 4.74 Å². The first-order chi connectivity index (χ1) is 18.1. The van der Waals surface area contributed by atoms with E-state index in [1.807, 2.05) is 17.0 Å². The lowest BCUT2D eigenvalue weighted by molar-refractivity contribution is -0.383. The van der Waals surface area contributed by atoms with Crippen LogP contribution in [0.25, 0.3) is 0 Å². The minimum atomic E-state index is -0.412. The minimum absolute atomic E-state index is 0.109. The summed E-state index contributed by atoms with van der Waals surface area (Å²) in [5, 5.41) is 15.2. The molecule has 1 saturated heterocycles. The van der Waals surface area contributed by atoms with Crippen molar-refractivity contribution < 1.29 is 9.66 Å². The highest BCUT2D eigenvalue weighted by molar-refractivity contribution is 5.74. The molecule has 5 rings (SSSR count). The Kier molecular flexibility index (Phi) is 7.23. The first-order valence-electron chi connectivity index (χ1n) is 12.1. The highest BCUT2D eigenvalue weighted by Crippen LogP contribution is 2.36. The molecule has 188 valence electrons. The van der Waals surface area contributed by atoms with E-state index >= 15 is 0 Å². The highest BCUT2D eigenvalue weighted by atomic mass is 16.6. The first-order valence-corrected chi connectivity index (χ1v) is 12.1. The molecule has 9 nitrogen and oxygen atoms in total. The zero-order valence-electron chi connectivity index (χ0n) is 20.5. The van der Waals surface area contributed by atoms with E-state index in [0.29, 0.717) is 30.3 Å². The van der Waals surface area contributed by atoms with E-state index in [-0.39, 0.29) is 17.5 Å². The number of benzene rings is 3. The molecule has 1 fully saturated rings. The Morgan fingerprint density at radius 1 is 0.865 bits per heavy atom. The molecule has 1 aliphatic heterocycles. The predicted octanol–water partition coefficient (Wildman–Crippen LogP) is 5.05. The van der Waals surface area contributed by atoms with Gasteiger partial charge in [0.05, 0.1) is 18.1 Å². The smallest absolute Gasteiger partial charge is 0.353 e. The summed E-state index contributed by atoms with van der Waals surface area (Å²) in [6, 6.07) is 28.1. The summed E-state index contributed by atoms with van der Waals surface area (Å²) >= 11 is 0. The number of hydrogen-bond donors (Lipinski definition) is 1. The van der Waals surface area contributed by atoms with E-state index in [1.165, 1.54) is 17.5 Å². The number of hydrogen-bond acceptors (Lipinski definition) is 8. The molecule has 0 aliphatic carbocycles. The zero-order chi connectivity index (χ0) is 25.6. The van der Waals surface area contributed by atoms with Gasteiger partial charge in [-0.15, -0.1) is 0 Å². The molecule has 1 N–H and O–H groups in total. The van der Waals surface area contributed by atoms with Crippen molar-refractivity contribution in [3.05, 3.63) is 112 Å². The van der Waals surface area contributed by atoms with Crippen LogP contribution in [0.3, 0.4) is 0 Å². The number of nitrogens with one attached hydrogen (secondary N) is 1. The monoisotopic (exact) mass is 496 g/mol. The van der Waals surface area contributed by atoms with E-state index in [2.05, 4.69) is 68.7 Å². The van der Waals surface area contributed by atoms with Gasteiger partial charge in [-0.3, -0.25) is 15.0 Å². The lowest BCUT2D eigenvalue weighted by atomic mass is 9.96. The van der Waals surface area contributed by atoms with E-state index in [1.54, 1.807) is 31.4 Å². The number of piperazine rings is 1. The summed E-state index contributed by atoms with van der Waals surface area (Å²) in [5.74, 6) is 1.19. The van der Waals surface area contributed by atoms with Crippen molar-refractivity contribution in [2.75, 3.05) is 43.5 Å². The fourth-order valence-electron chi connectivity index (χ4n) is 4.75. The van der Waals surface area contributed by atoms with E-state index < -0.39 is 4.92 Å². The van der Waals surface area contributed by atoms with Crippen molar-refractivity contribution in [2.45, 2.75) is 6.04 Å². The summed E-state index contributed by atoms with van der Waals surface area (Å²) in [6.45, 7) is 2.68. The van der Waals surface area contributed by atoms with Gasteiger partial charge in [0, 0.05) is 31.9 Å². The van der Waals surface area contributed by atoms with E-state index in [9.17, 15) is 10.1 Å². The third kappa shape index (κ3) is 5.36. The van der Waals surface area contributed by atoms with Crippen LogP contribution >= 0.6 is 0 Å². The Hall–Kier alpha value is -4.50. The normalized spacial score (nSPS) is 13.9. The van der Waals surface area contributed by atoms with Crippen molar-refractivity contribution >= 4 is 23.0 Å². The number of aromatic nitrogens is 2. The second kappa shape index (κ2) is 11.0. The summed E-state index contributed by atoms with van der Waals surface area (Å²) in [6.07, 6.45) is 1.37. The van der Waals surface area contributed by atoms with Gasteiger partial charge in [0.2, 0.25) is 11.6 Å². The number of nitro groups is 1. The zero-order valence-corrected chi connectivity index (χ0v) is 20.5. The standard InChI is InChI=1S/C28H28N6O3/c1-37-24-14-12-23(13-15-24)31-27-26(34(35)36)28(30-20-29-27)33-18-16-32(17-19-33)25(21-8-4-2-5-9-21)22-10-6-3-7-11-22/h2-15,20,25H,16-19H2,1H3,(H,29,30,31). The van der Waals surface area contributed by atoms with Crippen LogP contribution in [-0.2, 0) is 0 Å². The number of anilines is 3. The van der Waals surface area contributed by atoms with Gasteiger partial charge in [-0.25, -0.2) is 9.97 Å². The van der Waals surface area contributed by atoms with Gasteiger partial charge in [0.25, 0.3) is 0 Å². The molecule has 0 amide bonds. The van der Waals surface area contributed by atoms with Crippen molar-refractivity contribution in [2.24, 2.45) is 0 Å². The molecule has 3 aromatic carbocycles. The van der Waals surface area contributed by atoms with Gasteiger partial charge < -0.3 is 15.0 Å². The van der Waals surface area contributed by atoms with Crippen LogP contribution in [0.4, 0.5) is 23.0 Å². The van der Waals surface area contributed by atoms with Crippen LogP contribution in [0.5, 0.6) is 5.75 Å². The van der Waals surface area contributed by atoms with E-state index in [0.717, 1.165) is 13.1 Å². The second-order valence-electron chi connectivity index (χ2n) is 8.75. The van der Waals surface area contributed by atoms with Gasteiger partial charge in [0.1, 0.15) is 12.1 Å². The van der Waals surface area contributed by atoms with Crippen molar-refractivity contribution in [3.8, 4) is 5.75 Å². The van der Waals surface area contributed by atoms with Crippen molar-refractivity contribution in [1.29, 1.82) is 0 Å². The summed E-state index contributed by atoms with van der Waals surface area (Å²) < 4.78 is 5.19. The predicted molar refractivity (Wildman–Crippen MR) is 143 cm³/mol. The summed E-state index contributed by atoms with van der Waals surface area (Å²) in [7, 11) is 1.59. The van der Waals surface area contributed by atoms with Gasteiger partial charge in [-0.05, 0) is 35.4 Å². The van der Waals surface area contributed by atoms with Crippen LogP contribution in [0.15, 0.2) is 91.3 Å². The molecule has 9 heteroatoms. The molecular weight excluding hydrogens is 468 g/mol. The Morgan fingerprint density at radius 2 is 1.46 bits per heavy atom. The van der Waals surface area contributed by atoms with Crippen LogP contribution in [0.2, 0.25) is 0 Å². The maximum absolute atomic E-state index is 12.1. The average Bonchev–Trinajstić information content (AvgIpc) is 2.95. The third-order valence-corrected chi connectivity index (χ3v) is 6.55. The number of methoxy groups -OCH3 is 1. The largest absolute Gasteiger partial charge is 0.497 e. The molecule has 1 aliphatic rings. The minimum Gasteiger partial charge on any atom is -0.497 e. The highest BCUT2D eigenvalue weighted by Gasteiger charge is 2.32. The molecule has 0 atom stereocenters. The Labute approximate surface area is 215 Å². The Morgan fingerprint density at radius 3 is 2.00 bits per heavy atom. The van der Waals surface area contributed by atoms with Crippen molar-refractivity contribution in [1.82, 2.24) is 14.9 Å². The fraction of sp³-hybridized carbons (Fsp3) is 0.214. The molecule has 0 radical (unpaired) electrons. The molecule has 0 bridgehead atoms. The van der Waals surface area contributed by atoms with Gasteiger partial charge in [-0.1, -0.05) is 60.7 Å². The van der Waals surface area contributed by atoms with Crippen LogP contribution < -0.4 is 15.0 Å². The van der Waals surface area contributed by atoms with Gasteiger partial charge >= 0.3 is 5.69 Å². The van der Waals surface area contributed by atoms with Gasteiger partial charge in [-0.2, -0.15) is 0 Å². The van der Waals surface area contributed by atoms with Crippen LogP contribution in [0.1, 0.15) is 17.2 Å². The third-order valence-electron chi connectivity index (χ3n) is 6.55. The van der Waals surface area contributed by atoms with Crippen LogP contribution in [-0.4, -0.2) is 53.1 Å². The Balaban J connectivity index is 1.37. The fourth-order valence-corrected chi connectivity index (χ4v) is 4.75. The molecular formula is C28H28N6O3.